The lowest BCUT2D eigenvalue weighted by atomic mass is 9.65. The van der Waals surface area contributed by atoms with Crippen LogP contribution in [0.25, 0.3) is 33.0 Å². The van der Waals surface area contributed by atoms with Crippen molar-refractivity contribution in [3.63, 3.8) is 0 Å². The van der Waals surface area contributed by atoms with E-state index in [9.17, 15) is 0 Å². The van der Waals surface area contributed by atoms with Gasteiger partial charge in [-0.25, -0.2) is 0 Å². The molecule has 1 heterocycles. The third-order valence-corrected chi connectivity index (χ3v) is 10.2. The number of hydrogen-bond acceptors (Lipinski definition) is 1. The van der Waals surface area contributed by atoms with Crippen LogP contribution in [0, 0.1) is 0 Å². The van der Waals surface area contributed by atoms with Crippen LogP contribution < -0.4 is 4.74 Å². The Bertz CT molecular complexity index is 2280. The number of benzene rings is 7. The summed E-state index contributed by atoms with van der Waals surface area (Å²) in [4.78, 5) is 0. The molecule has 1 heteroatoms. The monoisotopic (exact) mass is 576 g/mol. The molecular formula is C44H32O. The van der Waals surface area contributed by atoms with E-state index in [0.717, 1.165) is 17.1 Å². The standard InChI is InChI=1S/C44H32O/c1-43(2)37-22-12-13-23-40(37)45-41-28-30(25-26-38(41)43)32-17-8-10-20-35(32)44(31-15-4-3-5-16-31)36-21-11-9-19-34(36)42-33-18-7-6-14-29(33)24-27-39(42)44/h3-28H,1-2H3. The molecule has 45 heavy (non-hydrogen) atoms. The Labute approximate surface area is 264 Å². The highest BCUT2D eigenvalue weighted by Gasteiger charge is 2.47. The van der Waals surface area contributed by atoms with Gasteiger partial charge in [0.1, 0.15) is 11.5 Å². The molecule has 0 saturated carbocycles. The van der Waals surface area contributed by atoms with Gasteiger partial charge in [-0.05, 0) is 67.4 Å². The molecule has 0 spiro atoms. The van der Waals surface area contributed by atoms with Crippen LogP contribution in [0.15, 0.2) is 158 Å². The summed E-state index contributed by atoms with van der Waals surface area (Å²) in [5.74, 6) is 1.87. The molecule has 1 atom stereocenters. The van der Waals surface area contributed by atoms with E-state index in [-0.39, 0.29) is 5.41 Å². The number of fused-ring (bicyclic) bond motifs is 7. The van der Waals surface area contributed by atoms with Gasteiger partial charge in [0, 0.05) is 16.5 Å². The van der Waals surface area contributed by atoms with Crippen molar-refractivity contribution in [3.8, 4) is 33.8 Å². The highest BCUT2D eigenvalue weighted by Crippen LogP contribution is 2.59. The highest BCUT2D eigenvalue weighted by molar-refractivity contribution is 6.04. The molecule has 1 unspecified atom stereocenters. The molecular weight excluding hydrogens is 544 g/mol. The molecule has 2 aliphatic rings. The first-order valence-electron chi connectivity index (χ1n) is 15.8. The van der Waals surface area contributed by atoms with Crippen LogP contribution >= 0.6 is 0 Å². The Kier molecular flexibility index (Phi) is 5.53. The van der Waals surface area contributed by atoms with Crippen molar-refractivity contribution in [2.24, 2.45) is 0 Å². The maximum absolute atomic E-state index is 6.61. The molecule has 9 rings (SSSR count). The minimum atomic E-state index is -0.504. The van der Waals surface area contributed by atoms with E-state index in [2.05, 4.69) is 172 Å². The Morgan fingerprint density at radius 3 is 1.87 bits per heavy atom. The Hall–Kier alpha value is -5.40. The molecule has 1 aliphatic heterocycles. The molecule has 214 valence electrons. The van der Waals surface area contributed by atoms with Gasteiger partial charge in [-0.1, -0.05) is 159 Å². The number of para-hydroxylation sites is 1. The van der Waals surface area contributed by atoms with E-state index in [1.54, 1.807) is 0 Å². The summed E-state index contributed by atoms with van der Waals surface area (Å²) in [6.45, 7) is 4.59. The molecule has 1 nitrogen and oxygen atoms in total. The zero-order valence-electron chi connectivity index (χ0n) is 25.4. The number of hydrogen-bond donors (Lipinski definition) is 0. The van der Waals surface area contributed by atoms with Crippen molar-refractivity contribution in [3.05, 3.63) is 191 Å². The smallest absolute Gasteiger partial charge is 0.132 e. The Morgan fingerprint density at radius 1 is 0.444 bits per heavy atom. The first kappa shape index (κ1) is 26.0. The van der Waals surface area contributed by atoms with Crippen molar-refractivity contribution >= 4 is 10.8 Å². The molecule has 0 bridgehead atoms. The van der Waals surface area contributed by atoms with Crippen molar-refractivity contribution < 1.29 is 4.74 Å². The fourth-order valence-electron chi connectivity index (χ4n) is 8.18. The summed E-state index contributed by atoms with van der Waals surface area (Å²) in [6.07, 6.45) is 0. The van der Waals surface area contributed by atoms with Crippen LogP contribution in [0.4, 0.5) is 0 Å². The van der Waals surface area contributed by atoms with Gasteiger partial charge in [-0.3, -0.25) is 0 Å². The number of ether oxygens (including phenoxy) is 1. The lowest BCUT2D eigenvalue weighted by Gasteiger charge is -2.36. The van der Waals surface area contributed by atoms with Gasteiger partial charge in [-0.15, -0.1) is 0 Å². The van der Waals surface area contributed by atoms with Crippen molar-refractivity contribution in [2.75, 3.05) is 0 Å². The minimum absolute atomic E-state index is 0.155. The SMILES string of the molecule is CC1(C)c2ccccc2Oc2cc(-c3ccccc3C3(c4ccccc4)c4ccccc4-c4c3ccc3ccccc43)ccc21. The first-order valence-corrected chi connectivity index (χ1v) is 15.8. The number of rotatable bonds is 3. The summed E-state index contributed by atoms with van der Waals surface area (Å²) >= 11 is 0. The lowest BCUT2D eigenvalue weighted by Crippen LogP contribution is -2.29. The van der Waals surface area contributed by atoms with Crippen LogP contribution in [0.5, 0.6) is 11.5 Å². The van der Waals surface area contributed by atoms with Crippen LogP contribution in [-0.2, 0) is 10.8 Å². The van der Waals surface area contributed by atoms with Crippen LogP contribution in [0.1, 0.15) is 47.2 Å². The Morgan fingerprint density at radius 2 is 1.04 bits per heavy atom. The summed E-state index contributed by atoms with van der Waals surface area (Å²) < 4.78 is 6.61. The second kappa shape index (κ2) is 9.55. The van der Waals surface area contributed by atoms with Crippen molar-refractivity contribution in [1.29, 1.82) is 0 Å². The predicted molar refractivity (Wildman–Crippen MR) is 185 cm³/mol. The van der Waals surface area contributed by atoms with Gasteiger partial charge in [0.25, 0.3) is 0 Å². The van der Waals surface area contributed by atoms with Gasteiger partial charge in [-0.2, -0.15) is 0 Å². The van der Waals surface area contributed by atoms with Gasteiger partial charge in [0.15, 0.2) is 0 Å². The molecule has 7 aromatic rings. The van der Waals surface area contributed by atoms with Gasteiger partial charge in [0.2, 0.25) is 0 Å². The fraction of sp³-hybridized carbons (Fsp3) is 0.0909. The average molecular weight is 577 g/mol. The molecule has 0 amide bonds. The van der Waals surface area contributed by atoms with Crippen LogP contribution in [0.3, 0.4) is 0 Å². The normalized spacial score (nSPS) is 17.1. The fourth-order valence-corrected chi connectivity index (χ4v) is 8.18. The van der Waals surface area contributed by atoms with Crippen LogP contribution in [0.2, 0.25) is 0 Å². The van der Waals surface area contributed by atoms with Crippen molar-refractivity contribution in [1.82, 2.24) is 0 Å². The third kappa shape index (κ3) is 3.56. The van der Waals surface area contributed by atoms with E-state index in [1.807, 2.05) is 0 Å². The summed E-state index contributed by atoms with van der Waals surface area (Å²) in [5, 5.41) is 2.55. The second-order valence-electron chi connectivity index (χ2n) is 12.9. The largest absolute Gasteiger partial charge is 0.457 e. The van der Waals surface area contributed by atoms with E-state index in [0.29, 0.717) is 0 Å². The second-order valence-corrected chi connectivity index (χ2v) is 12.9. The summed E-state index contributed by atoms with van der Waals surface area (Å²) in [6, 6.07) is 57.8. The zero-order chi connectivity index (χ0) is 30.2. The average Bonchev–Trinajstić information content (AvgIpc) is 3.40. The Balaban J connectivity index is 1.35. The molecule has 1 aliphatic carbocycles. The maximum Gasteiger partial charge on any atom is 0.132 e. The minimum Gasteiger partial charge on any atom is -0.457 e. The van der Waals surface area contributed by atoms with Gasteiger partial charge in [0.05, 0.1) is 5.41 Å². The molecule has 0 aromatic heterocycles. The molecule has 7 aromatic carbocycles. The lowest BCUT2D eigenvalue weighted by molar-refractivity contribution is 0.418. The van der Waals surface area contributed by atoms with Crippen molar-refractivity contribution in [2.45, 2.75) is 24.7 Å². The molecule has 0 radical (unpaired) electrons. The molecule has 0 saturated heterocycles. The van der Waals surface area contributed by atoms with Crippen LogP contribution in [-0.4, -0.2) is 0 Å². The van der Waals surface area contributed by atoms with E-state index in [4.69, 9.17) is 4.74 Å². The quantitative estimate of drug-likeness (QED) is 0.203. The first-order chi connectivity index (χ1) is 22.1. The van der Waals surface area contributed by atoms with E-state index < -0.39 is 5.41 Å². The zero-order valence-corrected chi connectivity index (χ0v) is 25.4. The molecule has 0 N–H and O–H groups in total. The van der Waals surface area contributed by atoms with Gasteiger partial charge < -0.3 is 4.74 Å². The molecule has 0 fully saturated rings. The van der Waals surface area contributed by atoms with E-state index in [1.165, 1.54) is 60.8 Å². The van der Waals surface area contributed by atoms with E-state index >= 15 is 0 Å². The topological polar surface area (TPSA) is 9.23 Å². The highest BCUT2D eigenvalue weighted by atomic mass is 16.5. The summed E-state index contributed by atoms with van der Waals surface area (Å²) in [5.41, 5.74) is 11.9. The van der Waals surface area contributed by atoms with Gasteiger partial charge >= 0.3 is 0 Å². The summed E-state index contributed by atoms with van der Waals surface area (Å²) in [7, 11) is 0. The maximum atomic E-state index is 6.61. The third-order valence-electron chi connectivity index (χ3n) is 10.2. The predicted octanol–water partition coefficient (Wildman–Crippen LogP) is 11.3.